The van der Waals surface area contributed by atoms with E-state index >= 15 is 0 Å². The summed E-state index contributed by atoms with van der Waals surface area (Å²) >= 11 is 3.12. The van der Waals surface area contributed by atoms with E-state index in [1.165, 1.54) is 18.9 Å². The highest BCUT2D eigenvalue weighted by atomic mass is 79.9. The van der Waals surface area contributed by atoms with Crippen molar-refractivity contribution in [2.24, 2.45) is 0 Å². The molecule has 0 unspecified atom stereocenters. The van der Waals surface area contributed by atoms with E-state index in [0.717, 1.165) is 12.2 Å². The van der Waals surface area contributed by atoms with E-state index in [1.807, 2.05) is 6.07 Å². The van der Waals surface area contributed by atoms with E-state index < -0.39 is 0 Å². The van der Waals surface area contributed by atoms with Crippen molar-refractivity contribution in [3.8, 4) is 11.5 Å². The second-order valence-corrected chi connectivity index (χ2v) is 5.67. The lowest BCUT2D eigenvalue weighted by molar-refractivity contribution is 0.474. The molecule has 1 aliphatic rings. The maximum atomic E-state index is 13.4. The van der Waals surface area contributed by atoms with E-state index in [9.17, 15) is 4.39 Å². The van der Waals surface area contributed by atoms with Crippen LogP contribution in [-0.2, 0) is 6.54 Å². The first-order valence-corrected chi connectivity index (χ1v) is 7.31. The third-order valence-corrected chi connectivity index (χ3v) is 3.71. The zero-order valence-corrected chi connectivity index (χ0v) is 12.4. The van der Waals surface area contributed by atoms with Crippen LogP contribution in [0.15, 0.2) is 41.0 Å². The van der Waals surface area contributed by atoms with E-state index in [1.54, 1.807) is 24.4 Å². The van der Waals surface area contributed by atoms with Crippen molar-refractivity contribution in [2.75, 3.05) is 0 Å². The van der Waals surface area contributed by atoms with Gasteiger partial charge in [-0.25, -0.2) is 4.39 Å². The van der Waals surface area contributed by atoms with Gasteiger partial charge in [-0.3, -0.25) is 4.98 Å². The Morgan fingerprint density at radius 1 is 1.25 bits per heavy atom. The first kappa shape index (κ1) is 13.5. The molecule has 1 N–H and O–H groups in total. The standard InChI is InChI=1S/C15H14BrFN2O/c16-14-4-3-12(8-15(14)17)20-13-5-6-18-11(7-13)9-19-10-1-2-10/h3-8,10,19H,1-2,9H2. The molecular weight excluding hydrogens is 323 g/mol. The molecule has 3 nitrogen and oxygen atoms in total. The van der Waals surface area contributed by atoms with Crippen LogP contribution < -0.4 is 10.1 Å². The van der Waals surface area contributed by atoms with E-state index in [-0.39, 0.29) is 5.82 Å². The molecular formula is C15H14BrFN2O. The summed E-state index contributed by atoms with van der Waals surface area (Å²) in [6, 6.07) is 8.97. The second kappa shape index (κ2) is 5.89. The minimum absolute atomic E-state index is 0.341. The summed E-state index contributed by atoms with van der Waals surface area (Å²) in [5.41, 5.74) is 0.923. The molecule has 0 amide bonds. The van der Waals surface area contributed by atoms with Crippen LogP contribution in [0, 0.1) is 5.82 Å². The summed E-state index contributed by atoms with van der Waals surface area (Å²) in [5.74, 6) is 0.791. The van der Waals surface area contributed by atoms with Crippen LogP contribution in [0.2, 0.25) is 0 Å². The number of rotatable bonds is 5. The Morgan fingerprint density at radius 3 is 2.80 bits per heavy atom. The maximum Gasteiger partial charge on any atom is 0.141 e. The molecule has 1 saturated carbocycles. The van der Waals surface area contributed by atoms with Crippen molar-refractivity contribution in [3.05, 3.63) is 52.5 Å². The number of halogens is 2. The fraction of sp³-hybridized carbons (Fsp3) is 0.267. The summed E-state index contributed by atoms with van der Waals surface area (Å²) in [5, 5.41) is 3.40. The van der Waals surface area contributed by atoms with Gasteiger partial charge in [0, 0.05) is 30.9 Å². The molecule has 20 heavy (non-hydrogen) atoms. The number of benzene rings is 1. The quantitative estimate of drug-likeness (QED) is 0.895. The molecule has 1 heterocycles. The zero-order chi connectivity index (χ0) is 13.9. The van der Waals surface area contributed by atoms with Gasteiger partial charge < -0.3 is 10.1 Å². The average molecular weight is 337 g/mol. The molecule has 104 valence electrons. The van der Waals surface area contributed by atoms with Crippen LogP contribution in [0.3, 0.4) is 0 Å². The maximum absolute atomic E-state index is 13.4. The van der Waals surface area contributed by atoms with Gasteiger partial charge in [-0.2, -0.15) is 0 Å². The number of aromatic nitrogens is 1. The first-order chi connectivity index (χ1) is 9.70. The molecule has 5 heteroatoms. The molecule has 1 fully saturated rings. The van der Waals surface area contributed by atoms with Crippen LogP contribution in [0.1, 0.15) is 18.5 Å². The highest BCUT2D eigenvalue weighted by Gasteiger charge is 2.20. The molecule has 0 aliphatic heterocycles. The van der Waals surface area contributed by atoms with Crippen molar-refractivity contribution in [1.29, 1.82) is 0 Å². The fourth-order valence-electron chi connectivity index (χ4n) is 1.83. The monoisotopic (exact) mass is 336 g/mol. The van der Waals surface area contributed by atoms with Gasteiger partial charge in [-0.1, -0.05) is 0 Å². The van der Waals surface area contributed by atoms with Crippen molar-refractivity contribution < 1.29 is 9.13 Å². The van der Waals surface area contributed by atoms with E-state index in [2.05, 4.69) is 26.2 Å². The summed E-state index contributed by atoms with van der Waals surface area (Å²) < 4.78 is 19.5. The lowest BCUT2D eigenvalue weighted by Gasteiger charge is -2.08. The third kappa shape index (κ3) is 3.55. The van der Waals surface area contributed by atoms with Gasteiger partial charge in [0.25, 0.3) is 0 Å². The van der Waals surface area contributed by atoms with Gasteiger partial charge in [0.2, 0.25) is 0 Å². The first-order valence-electron chi connectivity index (χ1n) is 6.52. The van der Waals surface area contributed by atoms with Gasteiger partial charge in [-0.15, -0.1) is 0 Å². The van der Waals surface area contributed by atoms with Gasteiger partial charge in [0.15, 0.2) is 0 Å². The number of pyridine rings is 1. The second-order valence-electron chi connectivity index (χ2n) is 4.82. The van der Waals surface area contributed by atoms with E-state index in [0.29, 0.717) is 22.0 Å². The normalized spacial score (nSPS) is 14.3. The molecule has 0 atom stereocenters. The molecule has 2 aromatic rings. The molecule has 0 spiro atoms. The Morgan fingerprint density at radius 2 is 2.05 bits per heavy atom. The third-order valence-electron chi connectivity index (χ3n) is 3.06. The molecule has 1 aliphatic carbocycles. The fourth-order valence-corrected chi connectivity index (χ4v) is 2.08. The van der Waals surface area contributed by atoms with Gasteiger partial charge in [-0.05, 0) is 47.0 Å². The summed E-state index contributed by atoms with van der Waals surface area (Å²) in [4.78, 5) is 4.29. The molecule has 0 radical (unpaired) electrons. The minimum Gasteiger partial charge on any atom is -0.457 e. The number of hydrogen-bond acceptors (Lipinski definition) is 3. The van der Waals surface area contributed by atoms with Crippen molar-refractivity contribution in [2.45, 2.75) is 25.4 Å². The highest BCUT2D eigenvalue weighted by Crippen LogP contribution is 2.26. The number of ether oxygens (including phenoxy) is 1. The highest BCUT2D eigenvalue weighted by molar-refractivity contribution is 9.10. The molecule has 3 rings (SSSR count). The lowest BCUT2D eigenvalue weighted by Crippen LogP contribution is -2.16. The SMILES string of the molecule is Fc1cc(Oc2ccnc(CNC3CC3)c2)ccc1Br. The van der Waals surface area contributed by atoms with Crippen molar-refractivity contribution in [1.82, 2.24) is 10.3 Å². The van der Waals surface area contributed by atoms with Gasteiger partial charge in [0.1, 0.15) is 17.3 Å². The van der Waals surface area contributed by atoms with Crippen LogP contribution in [0.5, 0.6) is 11.5 Å². The lowest BCUT2D eigenvalue weighted by atomic mass is 10.3. The van der Waals surface area contributed by atoms with Crippen LogP contribution in [0.4, 0.5) is 4.39 Å². The largest absolute Gasteiger partial charge is 0.457 e. The molecule has 1 aromatic carbocycles. The molecule has 0 bridgehead atoms. The van der Waals surface area contributed by atoms with E-state index in [4.69, 9.17) is 4.74 Å². The minimum atomic E-state index is -0.341. The Kier molecular flexibility index (Phi) is 3.98. The zero-order valence-electron chi connectivity index (χ0n) is 10.8. The molecule has 0 saturated heterocycles. The van der Waals surface area contributed by atoms with Gasteiger partial charge >= 0.3 is 0 Å². The van der Waals surface area contributed by atoms with Crippen LogP contribution in [-0.4, -0.2) is 11.0 Å². The number of hydrogen-bond donors (Lipinski definition) is 1. The Labute approximate surface area is 125 Å². The Bertz CT molecular complexity index is 617. The number of nitrogens with one attached hydrogen (secondary N) is 1. The van der Waals surface area contributed by atoms with Crippen LogP contribution in [0.25, 0.3) is 0 Å². The van der Waals surface area contributed by atoms with Crippen molar-refractivity contribution in [3.63, 3.8) is 0 Å². The average Bonchev–Trinajstić information content (AvgIpc) is 3.25. The summed E-state index contributed by atoms with van der Waals surface area (Å²) in [7, 11) is 0. The van der Waals surface area contributed by atoms with Crippen LogP contribution >= 0.6 is 15.9 Å². The molecule has 1 aromatic heterocycles. The summed E-state index contributed by atoms with van der Waals surface area (Å²) in [6.07, 6.45) is 4.19. The number of nitrogens with zero attached hydrogens (tertiary/aromatic N) is 1. The Balaban J connectivity index is 1.69. The predicted molar refractivity (Wildman–Crippen MR) is 78.3 cm³/mol. The predicted octanol–water partition coefficient (Wildman–Crippen LogP) is 4.03. The smallest absolute Gasteiger partial charge is 0.141 e. The summed E-state index contributed by atoms with van der Waals surface area (Å²) in [6.45, 7) is 0.733. The van der Waals surface area contributed by atoms with Crippen molar-refractivity contribution >= 4 is 15.9 Å². The topological polar surface area (TPSA) is 34.1 Å². The Hall–Kier alpha value is -1.46. The van der Waals surface area contributed by atoms with Gasteiger partial charge in [0.05, 0.1) is 10.2 Å².